The molecule has 8 rings (SSSR count). The highest BCUT2D eigenvalue weighted by Gasteiger charge is 2.22. The summed E-state index contributed by atoms with van der Waals surface area (Å²) in [7, 11) is 0. The van der Waals surface area contributed by atoms with E-state index in [4.69, 9.17) is 15.0 Å². The highest BCUT2D eigenvalue weighted by atomic mass is 19.2. The Labute approximate surface area is 288 Å². The number of para-hydroxylation sites is 1. The molecule has 0 aliphatic heterocycles. The first-order valence-electron chi connectivity index (χ1n) is 15.6. The van der Waals surface area contributed by atoms with Crippen LogP contribution in [-0.2, 0) is 0 Å². The third-order valence-electron chi connectivity index (χ3n) is 8.76. The van der Waals surface area contributed by atoms with Crippen molar-refractivity contribution in [3.05, 3.63) is 149 Å². The summed E-state index contributed by atoms with van der Waals surface area (Å²) in [5, 5.41) is 31.4. The summed E-state index contributed by atoms with van der Waals surface area (Å²) in [6.45, 7) is 0. The number of nitriles is 3. The van der Waals surface area contributed by atoms with Crippen LogP contribution in [0.25, 0.3) is 77.6 Å². The fourth-order valence-corrected chi connectivity index (χ4v) is 6.31. The molecule has 0 amide bonds. The zero-order chi connectivity index (χ0) is 35.2. The lowest BCUT2D eigenvalue weighted by Crippen LogP contribution is -2.00. The average molecular weight is 665 g/mol. The van der Waals surface area contributed by atoms with Crippen molar-refractivity contribution in [3.8, 4) is 63.1 Å². The van der Waals surface area contributed by atoms with E-state index in [1.165, 1.54) is 0 Å². The molecule has 0 spiro atoms. The SMILES string of the molecule is N#Cc1ccc(-c2nc3c(C#N)cc4c(-c5cccc(-c6cc(F)c(F)c(F)c6)c5)nc5ccccc5c4c3nc2-c2ccc(C#N)cc2)cc1. The number of nitrogens with zero attached hydrogens (tertiary/aromatic N) is 6. The van der Waals surface area contributed by atoms with Gasteiger partial charge >= 0.3 is 0 Å². The molecule has 2 heterocycles. The normalized spacial score (nSPS) is 11.0. The van der Waals surface area contributed by atoms with Crippen LogP contribution in [-0.4, -0.2) is 15.0 Å². The van der Waals surface area contributed by atoms with E-state index in [1.54, 1.807) is 78.9 Å². The Bertz CT molecular complexity index is 2840. The molecule has 8 aromatic rings. The fraction of sp³-hybridized carbons (Fsp3) is 0. The lowest BCUT2D eigenvalue weighted by molar-refractivity contribution is 0.448. The summed E-state index contributed by atoms with van der Waals surface area (Å²) in [6.07, 6.45) is 0. The molecule has 2 aromatic heterocycles. The molecule has 0 bridgehead atoms. The van der Waals surface area contributed by atoms with Gasteiger partial charge in [-0.2, -0.15) is 15.8 Å². The maximum Gasteiger partial charge on any atom is 0.194 e. The fourth-order valence-electron chi connectivity index (χ4n) is 6.31. The third kappa shape index (κ3) is 5.25. The monoisotopic (exact) mass is 664 g/mol. The number of aromatic nitrogens is 3. The first kappa shape index (κ1) is 30.9. The van der Waals surface area contributed by atoms with Gasteiger partial charge in [0.2, 0.25) is 0 Å². The van der Waals surface area contributed by atoms with Crippen molar-refractivity contribution in [1.29, 1.82) is 15.8 Å². The van der Waals surface area contributed by atoms with Gasteiger partial charge < -0.3 is 0 Å². The van der Waals surface area contributed by atoms with E-state index in [0.29, 0.717) is 77.8 Å². The molecule has 0 N–H and O–H groups in total. The van der Waals surface area contributed by atoms with Gasteiger partial charge in [-0.15, -0.1) is 0 Å². The van der Waals surface area contributed by atoms with Crippen LogP contribution in [0, 0.1) is 51.4 Å². The summed E-state index contributed by atoms with van der Waals surface area (Å²) in [5.41, 5.74) is 6.62. The van der Waals surface area contributed by atoms with Gasteiger partial charge in [0.15, 0.2) is 17.5 Å². The number of rotatable bonds is 4. The smallest absolute Gasteiger partial charge is 0.194 e. The first-order valence-corrected chi connectivity index (χ1v) is 15.6. The standard InChI is InChI=1S/C42H19F3N6/c43-33-18-29(19-34(44)37(33)45)27-4-3-5-28(16-27)38-32-17-30(22-48)41-42(36(32)31-6-1-2-7-35(31)49-38)51-40(26-14-10-24(21-47)11-15-26)39(50-41)25-12-8-23(20-46)9-13-25/h1-19H. The zero-order valence-electron chi connectivity index (χ0n) is 26.3. The second kappa shape index (κ2) is 12.2. The van der Waals surface area contributed by atoms with E-state index in [0.717, 1.165) is 17.5 Å². The molecule has 0 aliphatic rings. The molecule has 0 saturated heterocycles. The summed E-state index contributed by atoms with van der Waals surface area (Å²) >= 11 is 0. The van der Waals surface area contributed by atoms with Crippen LogP contribution in [0.1, 0.15) is 16.7 Å². The van der Waals surface area contributed by atoms with E-state index in [1.807, 2.05) is 24.3 Å². The molecule has 0 atom stereocenters. The largest absolute Gasteiger partial charge is 0.247 e. The van der Waals surface area contributed by atoms with Crippen LogP contribution < -0.4 is 0 Å². The number of benzene rings is 6. The predicted molar refractivity (Wildman–Crippen MR) is 188 cm³/mol. The number of hydrogen-bond donors (Lipinski definition) is 0. The van der Waals surface area contributed by atoms with Crippen molar-refractivity contribution in [2.45, 2.75) is 0 Å². The Balaban J connectivity index is 1.46. The van der Waals surface area contributed by atoms with Crippen LogP contribution in [0.4, 0.5) is 13.2 Å². The second-order valence-electron chi connectivity index (χ2n) is 11.8. The molecule has 9 heteroatoms. The summed E-state index contributed by atoms with van der Waals surface area (Å²) in [5.74, 6) is -4.14. The molecule has 6 nitrogen and oxygen atoms in total. The van der Waals surface area contributed by atoms with Crippen molar-refractivity contribution < 1.29 is 13.2 Å². The molecular formula is C42H19F3N6. The van der Waals surface area contributed by atoms with Gasteiger partial charge in [0.05, 0.1) is 56.9 Å². The van der Waals surface area contributed by atoms with Crippen LogP contribution in [0.15, 0.2) is 115 Å². The highest BCUT2D eigenvalue weighted by molar-refractivity contribution is 6.22. The van der Waals surface area contributed by atoms with E-state index < -0.39 is 17.5 Å². The average Bonchev–Trinajstić information content (AvgIpc) is 3.18. The molecule has 0 fully saturated rings. The number of hydrogen-bond acceptors (Lipinski definition) is 6. The molecule has 0 radical (unpaired) electrons. The van der Waals surface area contributed by atoms with Gasteiger partial charge in [0.25, 0.3) is 0 Å². The first-order chi connectivity index (χ1) is 24.9. The minimum Gasteiger partial charge on any atom is -0.247 e. The molecule has 238 valence electrons. The van der Waals surface area contributed by atoms with Gasteiger partial charge in [-0.05, 0) is 65.7 Å². The number of halogens is 3. The van der Waals surface area contributed by atoms with Crippen molar-refractivity contribution >= 4 is 32.7 Å². The van der Waals surface area contributed by atoms with Gasteiger partial charge in [-0.25, -0.2) is 28.1 Å². The van der Waals surface area contributed by atoms with E-state index in [9.17, 15) is 29.0 Å². The molecule has 6 aromatic carbocycles. The number of fused-ring (bicyclic) bond motifs is 5. The maximum atomic E-state index is 14.2. The molecule has 0 saturated carbocycles. The molecule has 51 heavy (non-hydrogen) atoms. The predicted octanol–water partition coefficient (Wildman–Crippen LogP) is 10.0. The Kier molecular flexibility index (Phi) is 7.41. The molecule has 0 aliphatic carbocycles. The zero-order valence-corrected chi connectivity index (χ0v) is 26.3. The van der Waals surface area contributed by atoms with Crippen molar-refractivity contribution in [3.63, 3.8) is 0 Å². The minimum absolute atomic E-state index is 0.148. The Morgan fingerprint density at radius 1 is 0.451 bits per heavy atom. The Hall–Kier alpha value is -7.41. The van der Waals surface area contributed by atoms with Gasteiger partial charge in [0, 0.05) is 32.8 Å². The van der Waals surface area contributed by atoms with E-state index in [-0.39, 0.29) is 11.1 Å². The van der Waals surface area contributed by atoms with Gasteiger partial charge in [-0.3, -0.25) is 0 Å². The quantitative estimate of drug-likeness (QED) is 0.137. The van der Waals surface area contributed by atoms with Crippen molar-refractivity contribution in [2.75, 3.05) is 0 Å². The molecular weight excluding hydrogens is 645 g/mol. The summed E-state index contributed by atoms with van der Waals surface area (Å²) < 4.78 is 42.3. The van der Waals surface area contributed by atoms with Crippen LogP contribution in [0.2, 0.25) is 0 Å². The van der Waals surface area contributed by atoms with Gasteiger partial charge in [-0.1, -0.05) is 60.7 Å². The third-order valence-corrected chi connectivity index (χ3v) is 8.76. The van der Waals surface area contributed by atoms with E-state index >= 15 is 0 Å². The molecule has 0 unspecified atom stereocenters. The Morgan fingerprint density at radius 3 is 1.65 bits per heavy atom. The van der Waals surface area contributed by atoms with Crippen LogP contribution >= 0.6 is 0 Å². The lowest BCUT2D eigenvalue weighted by atomic mass is 9.94. The minimum atomic E-state index is -1.54. The summed E-state index contributed by atoms with van der Waals surface area (Å²) in [6, 6.07) is 38.4. The topological polar surface area (TPSA) is 110 Å². The Morgan fingerprint density at radius 2 is 1.04 bits per heavy atom. The van der Waals surface area contributed by atoms with Crippen LogP contribution in [0.3, 0.4) is 0 Å². The van der Waals surface area contributed by atoms with E-state index in [2.05, 4.69) is 18.2 Å². The maximum absolute atomic E-state index is 14.2. The number of pyridine rings is 1. The summed E-state index contributed by atoms with van der Waals surface area (Å²) in [4.78, 5) is 15.3. The van der Waals surface area contributed by atoms with Crippen LogP contribution in [0.5, 0.6) is 0 Å². The van der Waals surface area contributed by atoms with Gasteiger partial charge in [0.1, 0.15) is 11.6 Å². The lowest BCUT2D eigenvalue weighted by Gasteiger charge is -2.16. The second-order valence-corrected chi connectivity index (χ2v) is 11.8. The van der Waals surface area contributed by atoms with Crippen molar-refractivity contribution in [2.24, 2.45) is 0 Å². The van der Waals surface area contributed by atoms with Crippen molar-refractivity contribution in [1.82, 2.24) is 15.0 Å². The highest BCUT2D eigenvalue weighted by Crippen LogP contribution is 2.41.